The number of fused-ring (bicyclic) bond motifs is 2. The van der Waals surface area contributed by atoms with E-state index in [1.165, 1.54) is 25.7 Å². The number of thiocarbonyl (C=S) groups is 2. The molecule has 2 aliphatic heterocycles. The summed E-state index contributed by atoms with van der Waals surface area (Å²) >= 11 is 11.2. The van der Waals surface area contributed by atoms with Crippen LogP contribution in [0.25, 0.3) is 0 Å². The fourth-order valence-corrected chi connectivity index (χ4v) is 6.72. The van der Waals surface area contributed by atoms with E-state index in [1.54, 1.807) is 0 Å². The van der Waals surface area contributed by atoms with Gasteiger partial charge in [0.15, 0.2) is 0 Å². The summed E-state index contributed by atoms with van der Waals surface area (Å²) in [6.07, 6.45) is 13.1. The van der Waals surface area contributed by atoms with E-state index in [-0.39, 0.29) is 23.7 Å². The highest BCUT2D eigenvalue weighted by Gasteiger charge is 2.46. The zero-order valence-electron chi connectivity index (χ0n) is 16.7. The first-order chi connectivity index (χ1) is 13.6. The SMILES string of the molecule is O=C1C2CCCCC2C(=S)N1CCCCCCN1C(=O)C2CCCCC2C1=S. The van der Waals surface area contributed by atoms with E-state index in [9.17, 15) is 9.59 Å². The zero-order valence-corrected chi connectivity index (χ0v) is 18.4. The summed E-state index contributed by atoms with van der Waals surface area (Å²) in [4.78, 5) is 30.9. The highest BCUT2D eigenvalue weighted by Crippen LogP contribution is 2.40. The molecule has 0 aromatic rings. The minimum atomic E-state index is 0.173. The van der Waals surface area contributed by atoms with Gasteiger partial charge in [0.25, 0.3) is 0 Å². The van der Waals surface area contributed by atoms with E-state index in [1.807, 2.05) is 9.80 Å². The molecule has 2 saturated heterocycles. The van der Waals surface area contributed by atoms with E-state index >= 15 is 0 Å². The van der Waals surface area contributed by atoms with Crippen LogP contribution in [0.3, 0.4) is 0 Å². The van der Waals surface area contributed by atoms with Gasteiger partial charge in [-0.15, -0.1) is 0 Å². The van der Waals surface area contributed by atoms with Gasteiger partial charge < -0.3 is 9.80 Å². The quantitative estimate of drug-likeness (QED) is 0.449. The maximum atomic E-state index is 12.6. The smallest absolute Gasteiger partial charge is 0.231 e. The van der Waals surface area contributed by atoms with Crippen molar-refractivity contribution in [2.24, 2.45) is 23.7 Å². The fourth-order valence-electron chi connectivity index (χ4n) is 5.80. The van der Waals surface area contributed by atoms with Crippen molar-refractivity contribution in [3.8, 4) is 0 Å². The lowest BCUT2D eigenvalue weighted by atomic mass is 9.81. The van der Waals surface area contributed by atoms with Crippen molar-refractivity contribution in [1.29, 1.82) is 0 Å². The minimum absolute atomic E-state index is 0.173. The fraction of sp³-hybridized carbons (Fsp3) is 0.818. The lowest BCUT2D eigenvalue weighted by Gasteiger charge is -2.21. The van der Waals surface area contributed by atoms with Crippen LogP contribution < -0.4 is 0 Å². The molecule has 2 saturated carbocycles. The van der Waals surface area contributed by atoms with Gasteiger partial charge in [0, 0.05) is 36.8 Å². The summed E-state index contributed by atoms with van der Waals surface area (Å²) in [5.41, 5.74) is 0. The largest absolute Gasteiger partial charge is 0.306 e. The van der Waals surface area contributed by atoms with E-state index in [0.717, 1.165) is 74.4 Å². The van der Waals surface area contributed by atoms with Gasteiger partial charge in [-0.25, -0.2) is 0 Å². The summed E-state index contributed by atoms with van der Waals surface area (Å²) in [7, 11) is 0. The zero-order chi connectivity index (χ0) is 19.7. The molecular weight excluding hydrogens is 388 g/mol. The normalized spacial score (nSPS) is 32.9. The summed E-state index contributed by atoms with van der Waals surface area (Å²) < 4.78 is 0. The Morgan fingerprint density at radius 2 is 0.964 bits per heavy atom. The molecule has 4 unspecified atom stereocenters. The summed E-state index contributed by atoms with van der Waals surface area (Å²) in [5, 5.41) is 0. The van der Waals surface area contributed by atoms with Crippen LogP contribution in [0.1, 0.15) is 77.0 Å². The molecule has 4 aliphatic rings. The van der Waals surface area contributed by atoms with Gasteiger partial charge in [-0.3, -0.25) is 9.59 Å². The highest BCUT2D eigenvalue weighted by molar-refractivity contribution is 7.80. The van der Waals surface area contributed by atoms with Crippen LogP contribution in [0.2, 0.25) is 0 Å². The van der Waals surface area contributed by atoms with E-state index < -0.39 is 0 Å². The number of hydrogen-bond donors (Lipinski definition) is 0. The molecule has 28 heavy (non-hydrogen) atoms. The molecule has 4 rings (SSSR count). The third kappa shape index (κ3) is 3.79. The molecule has 0 bridgehead atoms. The molecule has 4 fully saturated rings. The number of rotatable bonds is 7. The molecule has 4 atom stereocenters. The highest BCUT2D eigenvalue weighted by atomic mass is 32.1. The molecule has 2 aliphatic carbocycles. The number of nitrogens with zero attached hydrogens (tertiary/aromatic N) is 2. The molecule has 0 aromatic carbocycles. The number of carbonyl (C=O) groups excluding carboxylic acids is 2. The van der Waals surface area contributed by atoms with Gasteiger partial charge >= 0.3 is 0 Å². The Kier molecular flexibility index (Phi) is 6.46. The monoisotopic (exact) mass is 420 g/mol. The van der Waals surface area contributed by atoms with Crippen molar-refractivity contribution >= 4 is 46.2 Å². The van der Waals surface area contributed by atoms with E-state index in [2.05, 4.69) is 0 Å². The second-order valence-corrected chi connectivity index (χ2v) is 9.90. The van der Waals surface area contributed by atoms with Crippen LogP contribution in [0, 0.1) is 23.7 Å². The molecule has 2 heterocycles. The molecule has 2 amide bonds. The van der Waals surface area contributed by atoms with Gasteiger partial charge in [-0.05, 0) is 38.5 Å². The predicted molar refractivity (Wildman–Crippen MR) is 118 cm³/mol. The number of likely N-dealkylation sites (tertiary alicyclic amines) is 2. The van der Waals surface area contributed by atoms with Crippen molar-refractivity contribution in [1.82, 2.24) is 9.80 Å². The number of hydrogen-bond acceptors (Lipinski definition) is 4. The first-order valence-corrected chi connectivity index (χ1v) is 12.1. The third-order valence-electron chi connectivity index (χ3n) is 7.38. The Balaban J connectivity index is 1.17. The maximum Gasteiger partial charge on any atom is 0.231 e. The van der Waals surface area contributed by atoms with Crippen LogP contribution in [-0.2, 0) is 9.59 Å². The standard InChI is InChI=1S/C22H32N2O2S2/c25-19-15-9-3-5-11-17(15)21(27)23(19)13-7-1-2-8-14-24-20(26)16-10-4-6-12-18(16)22(24)28/h15-18H,1-14H2. The minimum Gasteiger partial charge on any atom is -0.306 e. The second kappa shape index (κ2) is 8.86. The number of unbranched alkanes of at least 4 members (excludes halogenated alkanes) is 3. The predicted octanol–water partition coefficient (Wildman–Crippen LogP) is 4.50. The van der Waals surface area contributed by atoms with Crippen LogP contribution in [0.4, 0.5) is 0 Å². The Morgan fingerprint density at radius 3 is 1.32 bits per heavy atom. The first-order valence-electron chi connectivity index (χ1n) is 11.3. The molecular formula is C22H32N2O2S2. The van der Waals surface area contributed by atoms with E-state index in [0.29, 0.717) is 11.8 Å². The van der Waals surface area contributed by atoms with Crippen molar-refractivity contribution in [3.63, 3.8) is 0 Å². The molecule has 0 N–H and O–H groups in total. The molecule has 4 nitrogen and oxygen atoms in total. The molecule has 0 radical (unpaired) electrons. The maximum absolute atomic E-state index is 12.6. The average molecular weight is 421 g/mol. The Labute approximate surface area is 179 Å². The van der Waals surface area contributed by atoms with E-state index in [4.69, 9.17) is 24.4 Å². The number of carbonyl (C=O) groups is 2. The van der Waals surface area contributed by atoms with Crippen molar-refractivity contribution in [3.05, 3.63) is 0 Å². The van der Waals surface area contributed by atoms with Crippen molar-refractivity contribution in [2.45, 2.75) is 77.0 Å². The van der Waals surface area contributed by atoms with Gasteiger partial charge in [0.2, 0.25) is 11.8 Å². The molecule has 154 valence electrons. The Morgan fingerprint density at radius 1 is 0.607 bits per heavy atom. The molecule has 0 spiro atoms. The topological polar surface area (TPSA) is 40.6 Å². The van der Waals surface area contributed by atoms with Crippen LogP contribution in [0.5, 0.6) is 0 Å². The van der Waals surface area contributed by atoms with Gasteiger partial charge in [0.05, 0.1) is 9.98 Å². The van der Waals surface area contributed by atoms with Crippen LogP contribution in [-0.4, -0.2) is 44.7 Å². The van der Waals surface area contributed by atoms with Crippen molar-refractivity contribution < 1.29 is 9.59 Å². The molecule has 0 aromatic heterocycles. The lowest BCUT2D eigenvalue weighted by Crippen LogP contribution is -2.31. The van der Waals surface area contributed by atoms with Crippen LogP contribution in [0.15, 0.2) is 0 Å². The number of amides is 2. The summed E-state index contributed by atoms with van der Waals surface area (Å²) in [6.45, 7) is 1.55. The Hall–Kier alpha value is -0.880. The summed E-state index contributed by atoms with van der Waals surface area (Å²) in [6, 6.07) is 0. The molecule has 6 heteroatoms. The lowest BCUT2D eigenvalue weighted by molar-refractivity contribution is -0.131. The Bertz CT molecular complexity index is 561. The van der Waals surface area contributed by atoms with Crippen molar-refractivity contribution in [2.75, 3.05) is 13.1 Å². The first kappa shape index (κ1) is 20.4. The van der Waals surface area contributed by atoms with Gasteiger partial charge in [-0.2, -0.15) is 0 Å². The third-order valence-corrected chi connectivity index (χ3v) is 8.42. The summed E-state index contributed by atoms with van der Waals surface area (Å²) in [5.74, 6) is 1.58. The average Bonchev–Trinajstić information content (AvgIpc) is 3.11. The van der Waals surface area contributed by atoms with Crippen LogP contribution >= 0.6 is 24.4 Å². The van der Waals surface area contributed by atoms with Gasteiger partial charge in [-0.1, -0.05) is 63.0 Å². The van der Waals surface area contributed by atoms with Gasteiger partial charge in [0.1, 0.15) is 0 Å². The second-order valence-electron chi connectivity index (χ2n) is 9.07.